The Labute approximate surface area is 245 Å². The first kappa shape index (κ1) is 30.4. The van der Waals surface area contributed by atoms with Crippen LogP contribution in [-0.2, 0) is 20.8 Å². The van der Waals surface area contributed by atoms with Gasteiger partial charge in [0.1, 0.15) is 17.8 Å². The van der Waals surface area contributed by atoms with E-state index in [-0.39, 0.29) is 24.3 Å². The first-order valence-corrected chi connectivity index (χ1v) is 15.3. The highest BCUT2D eigenvalue weighted by atomic mass is 16.5. The van der Waals surface area contributed by atoms with Gasteiger partial charge in [-0.15, -0.1) is 0 Å². The van der Waals surface area contributed by atoms with E-state index in [0.717, 1.165) is 29.8 Å². The smallest absolute Gasteiger partial charge is 0.250 e. The Kier molecular flexibility index (Phi) is 11.0. The molecule has 0 unspecified atom stereocenters. The number of methoxy groups -OCH3 is 1. The summed E-state index contributed by atoms with van der Waals surface area (Å²) in [4.78, 5) is 45.5. The van der Waals surface area contributed by atoms with Crippen molar-refractivity contribution in [3.63, 3.8) is 0 Å². The van der Waals surface area contributed by atoms with Crippen LogP contribution in [0.3, 0.4) is 0 Å². The molecule has 0 bridgehead atoms. The molecule has 0 radical (unpaired) electrons. The van der Waals surface area contributed by atoms with Crippen molar-refractivity contribution >= 4 is 23.4 Å². The molecular formula is C33H46N4O4. The molecule has 2 aliphatic heterocycles. The number of unbranched alkanes of at least 4 members (excludes halogenated alkanes) is 5. The minimum atomic E-state index is -0.740. The summed E-state index contributed by atoms with van der Waals surface area (Å²) in [5.74, 6) is 0.793. The van der Waals surface area contributed by atoms with Crippen molar-refractivity contribution in [2.45, 2.75) is 76.7 Å². The molecule has 1 N–H and O–H groups in total. The summed E-state index contributed by atoms with van der Waals surface area (Å²) in [5.41, 5.74) is 1.25. The number of benzene rings is 2. The summed E-state index contributed by atoms with van der Waals surface area (Å²) in [6.07, 6.45) is 9.29. The Hall–Kier alpha value is -3.55. The third-order valence-corrected chi connectivity index (χ3v) is 8.51. The molecule has 2 aliphatic rings. The molecule has 2 fully saturated rings. The van der Waals surface area contributed by atoms with Crippen LogP contribution in [0, 0.1) is 0 Å². The van der Waals surface area contributed by atoms with Gasteiger partial charge in [0.25, 0.3) is 5.91 Å². The Morgan fingerprint density at radius 2 is 1.61 bits per heavy atom. The number of nitrogens with one attached hydrogen (secondary N) is 1. The molecule has 8 nitrogen and oxygen atoms in total. The van der Waals surface area contributed by atoms with Crippen LogP contribution >= 0.6 is 0 Å². The van der Waals surface area contributed by atoms with E-state index in [1.165, 1.54) is 25.7 Å². The molecule has 2 saturated heterocycles. The lowest BCUT2D eigenvalue weighted by atomic mass is 9.85. The zero-order valence-electron chi connectivity index (χ0n) is 24.8. The van der Waals surface area contributed by atoms with Gasteiger partial charge in [-0.1, -0.05) is 75.4 Å². The lowest BCUT2D eigenvalue weighted by Crippen LogP contribution is -2.57. The number of hydrogen-bond donors (Lipinski definition) is 1. The summed E-state index contributed by atoms with van der Waals surface area (Å²) in [7, 11) is 1.64. The van der Waals surface area contributed by atoms with Crippen LogP contribution in [0.15, 0.2) is 54.6 Å². The molecule has 4 rings (SSSR count). The van der Waals surface area contributed by atoms with E-state index in [1.807, 2.05) is 59.5 Å². The number of anilines is 1. The fraction of sp³-hybridized carbons (Fsp3) is 0.545. The Balaban J connectivity index is 1.34. The first-order chi connectivity index (χ1) is 20.0. The van der Waals surface area contributed by atoms with Crippen molar-refractivity contribution in [3.8, 4) is 5.75 Å². The molecule has 0 saturated carbocycles. The molecule has 2 aromatic rings. The normalized spacial score (nSPS) is 16.3. The van der Waals surface area contributed by atoms with Crippen molar-refractivity contribution in [1.29, 1.82) is 0 Å². The summed E-state index contributed by atoms with van der Waals surface area (Å²) in [6.45, 7) is 4.15. The lowest BCUT2D eigenvalue weighted by molar-refractivity contribution is -0.140. The number of nitrogens with zero attached hydrogens (tertiary/aromatic N) is 3. The van der Waals surface area contributed by atoms with Crippen molar-refractivity contribution < 1.29 is 19.1 Å². The third-order valence-electron chi connectivity index (χ3n) is 8.51. The molecule has 222 valence electrons. The van der Waals surface area contributed by atoms with E-state index in [9.17, 15) is 14.4 Å². The quantitative estimate of drug-likeness (QED) is 0.336. The van der Waals surface area contributed by atoms with E-state index in [1.54, 1.807) is 12.0 Å². The number of likely N-dealkylation sites (tertiary alicyclic amines) is 1. The maximum Gasteiger partial charge on any atom is 0.250 e. The van der Waals surface area contributed by atoms with Gasteiger partial charge in [-0.05, 0) is 49.4 Å². The number of hydrogen-bond acceptors (Lipinski definition) is 5. The number of rotatable bonds is 14. The summed E-state index contributed by atoms with van der Waals surface area (Å²) < 4.78 is 5.41. The minimum Gasteiger partial charge on any atom is -0.496 e. The molecular weight excluding hydrogens is 516 g/mol. The summed E-state index contributed by atoms with van der Waals surface area (Å²) in [5, 5.41) is 2.97. The highest BCUT2D eigenvalue weighted by molar-refractivity contribution is 5.96. The predicted molar refractivity (Wildman–Crippen MR) is 162 cm³/mol. The number of carbonyl (C=O) groups is 3. The molecule has 0 atom stereocenters. The van der Waals surface area contributed by atoms with Gasteiger partial charge in [-0.3, -0.25) is 14.4 Å². The van der Waals surface area contributed by atoms with Crippen LogP contribution in [0.2, 0.25) is 0 Å². The number of piperidine rings is 1. The largest absolute Gasteiger partial charge is 0.496 e. The van der Waals surface area contributed by atoms with Gasteiger partial charge in [-0.2, -0.15) is 0 Å². The van der Waals surface area contributed by atoms with E-state index in [2.05, 4.69) is 17.1 Å². The molecule has 3 amide bonds. The number of para-hydroxylation sites is 2. The predicted octanol–water partition coefficient (Wildman–Crippen LogP) is 4.77. The first-order valence-electron chi connectivity index (χ1n) is 15.3. The van der Waals surface area contributed by atoms with Crippen LogP contribution in [0.5, 0.6) is 5.75 Å². The van der Waals surface area contributed by atoms with Crippen molar-refractivity contribution in [2.75, 3.05) is 44.9 Å². The summed E-state index contributed by atoms with van der Waals surface area (Å²) >= 11 is 0. The molecule has 8 heteroatoms. The molecule has 0 aliphatic carbocycles. The lowest BCUT2D eigenvalue weighted by Gasteiger charge is -2.43. The zero-order valence-corrected chi connectivity index (χ0v) is 24.8. The fourth-order valence-corrected chi connectivity index (χ4v) is 6.14. The van der Waals surface area contributed by atoms with Crippen LogP contribution in [0.25, 0.3) is 0 Å². The van der Waals surface area contributed by atoms with Gasteiger partial charge >= 0.3 is 0 Å². The van der Waals surface area contributed by atoms with Crippen LogP contribution in [0.1, 0.15) is 70.3 Å². The van der Waals surface area contributed by atoms with Crippen molar-refractivity contribution in [1.82, 2.24) is 15.1 Å². The SMILES string of the molecule is CCCCCCCCC(=O)N1CCC2(CC1)C(=O)N(CC(=O)NCCc1ccccc1OC)CN2c1ccccc1. The van der Waals surface area contributed by atoms with Crippen molar-refractivity contribution in [3.05, 3.63) is 60.2 Å². The molecule has 2 heterocycles. The van der Waals surface area contributed by atoms with Gasteiger partial charge in [0.2, 0.25) is 11.8 Å². The van der Waals surface area contributed by atoms with E-state index >= 15 is 0 Å². The number of amides is 3. The Morgan fingerprint density at radius 1 is 0.927 bits per heavy atom. The second-order valence-electron chi connectivity index (χ2n) is 11.3. The van der Waals surface area contributed by atoms with Gasteiger partial charge in [-0.25, -0.2) is 0 Å². The van der Waals surface area contributed by atoms with Gasteiger partial charge < -0.3 is 24.8 Å². The number of ether oxygens (including phenoxy) is 1. The van der Waals surface area contributed by atoms with Gasteiger partial charge in [0.05, 0.1) is 13.8 Å². The zero-order chi connectivity index (χ0) is 29.1. The second kappa shape index (κ2) is 14.9. The van der Waals surface area contributed by atoms with E-state index in [0.29, 0.717) is 52.0 Å². The average molecular weight is 563 g/mol. The van der Waals surface area contributed by atoms with Gasteiger partial charge in [0.15, 0.2) is 0 Å². The second-order valence-corrected chi connectivity index (χ2v) is 11.3. The average Bonchev–Trinajstić information content (AvgIpc) is 3.25. The van der Waals surface area contributed by atoms with Crippen LogP contribution < -0.4 is 15.0 Å². The van der Waals surface area contributed by atoms with Gasteiger partial charge in [0, 0.05) is 31.7 Å². The molecule has 2 aromatic carbocycles. The Bertz CT molecular complexity index is 1150. The maximum atomic E-state index is 13.9. The molecule has 0 aromatic heterocycles. The molecule has 1 spiro atoms. The number of carbonyl (C=O) groups excluding carboxylic acids is 3. The summed E-state index contributed by atoms with van der Waals surface area (Å²) in [6, 6.07) is 17.7. The van der Waals surface area contributed by atoms with Crippen LogP contribution in [0.4, 0.5) is 5.69 Å². The highest BCUT2D eigenvalue weighted by Crippen LogP contribution is 2.39. The van der Waals surface area contributed by atoms with E-state index in [4.69, 9.17) is 4.74 Å². The monoisotopic (exact) mass is 562 g/mol. The molecule has 41 heavy (non-hydrogen) atoms. The standard InChI is InChI=1S/C33H46N4O4/c1-3-4-5-6-7-11-18-31(39)35-23-20-33(21-24-35)32(40)36(26-37(33)28-15-9-8-10-16-28)25-30(38)34-22-19-27-14-12-13-17-29(27)41-2/h8-10,12-17H,3-7,11,18-26H2,1-2H3,(H,34,38). The topological polar surface area (TPSA) is 82.2 Å². The van der Waals surface area contributed by atoms with Crippen LogP contribution in [-0.4, -0.2) is 73.0 Å². The van der Waals surface area contributed by atoms with E-state index < -0.39 is 5.54 Å². The fourth-order valence-electron chi connectivity index (χ4n) is 6.14. The Morgan fingerprint density at radius 3 is 2.34 bits per heavy atom. The third kappa shape index (κ3) is 7.60. The highest BCUT2D eigenvalue weighted by Gasteiger charge is 2.54. The minimum absolute atomic E-state index is 0.0104. The maximum absolute atomic E-state index is 13.9. The van der Waals surface area contributed by atoms with Crippen molar-refractivity contribution in [2.24, 2.45) is 0 Å².